The van der Waals surface area contributed by atoms with Gasteiger partial charge in [-0.3, -0.25) is 14.8 Å². The number of methoxy groups -OCH3 is 1. The quantitative estimate of drug-likeness (QED) is 0.348. The lowest BCUT2D eigenvalue weighted by molar-refractivity contribution is 0.0938. The van der Waals surface area contributed by atoms with Crippen molar-refractivity contribution in [1.29, 1.82) is 0 Å². The van der Waals surface area contributed by atoms with Gasteiger partial charge in [0, 0.05) is 58.8 Å². The summed E-state index contributed by atoms with van der Waals surface area (Å²) >= 11 is 1.55. The lowest BCUT2D eigenvalue weighted by atomic mass is 10.1. The Hall–Kier alpha value is -3.02. The van der Waals surface area contributed by atoms with Crippen LogP contribution in [0.3, 0.4) is 0 Å². The van der Waals surface area contributed by atoms with Crippen LogP contribution in [0, 0.1) is 0 Å². The van der Waals surface area contributed by atoms with Gasteiger partial charge in [0.15, 0.2) is 0 Å². The molecule has 4 aromatic rings. The van der Waals surface area contributed by atoms with Crippen molar-refractivity contribution in [2.45, 2.75) is 19.2 Å². The largest absolute Gasteiger partial charge is 0.459 e. The number of benzene rings is 1. The fourth-order valence-electron chi connectivity index (χ4n) is 4.27. The van der Waals surface area contributed by atoms with Gasteiger partial charge >= 0.3 is 6.01 Å². The molecular formula is C26H31N7O2S. The van der Waals surface area contributed by atoms with E-state index in [0.717, 1.165) is 66.7 Å². The van der Waals surface area contributed by atoms with E-state index >= 15 is 0 Å². The number of fused-ring (bicyclic) bond motifs is 1. The Morgan fingerprint density at radius 2 is 1.86 bits per heavy atom. The Kier molecular flexibility index (Phi) is 8.09. The second kappa shape index (κ2) is 11.8. The van der Waals surface area contributed by atoms with E-state index in [1.165, 1.54) is 5.56 Å². The summed E-state index contributed by atoms with van der Waals surface area (Å²) in [5.74, 6) is 0. The first-order chi connectivity index (χ1) is 17.7. The summed E-state index contributed by atoms with van der Waals surface area (Å²) in [5.41, 5.74) is 10.3. The number of thiazole rings is 1. The Morgan fingerprint density at radius 3 is 2.69 bits per heavy atom. The van der Waals surface area contributed by atoms with Crippen LogP contribution in [0.25, 0.3) is 10.2 Å². The van der Waals surface area contributed by atoms with Gasteiger partial charge in [-0.25, -0.2) is 9.97 Å². The molecule has 0 amide bonds. The fraction of sp³-hybridized carbons (Fsp3) is 0.385. The van der Waals surface area contributed by atoms with E-state index in [1.807, 2.05) is 6.07 Å². The summed E-state index contributed by atoms with van der Waals surface area (Å²) in [5, 5.41) is 0.787. The van der Waals surface area contributed by atoms with Crippen molar-refractivity contribution < 1.29 is 9.47 Å². The minimum atomic E-state index is -0.453. The topological polar surface area (TPSA) is 103 Å². The fourth-order valence-corrected chi connectivity index (χ4v) is 5.22. The molecule has 1 aliphatic rings. The summed E-state index contributed by atoms with van der Waals surface area (Å²) in [6, 6.07) is 12.1. The molecule has 3 aromatic heterocycles. The molecule has 5 rings (SSSR count). The third-order valence-corrected chi connectivity index (χ3v) is 7.41. The highest BCUT2D eigenvalue weighted by Crippen LogP contribution is 2.28. The lowest BCUT2D eigenvalue weighted by Gasteiger charge is -2.34. The highest BCUT2D eigenvalue weighted by atomic mass is 32.1. The number of hydrogen-bond donors (Lipinski definition) is 1. The molecule has 9 nitrogen and oxygen atoms in total. The summed E-state index contributed by atoms with van der Waals surface area (Å²) < 4.78 is 12.2. The van der Waals surface area contributed by atoms with Gasteiger partial charge in [-0.1, -0.05) is 24.3 Å². The van der Waals surface area contributed by atoms with Crippen LogP contribution in [0.15, 0.2) is 55.0 Å². The smallest absolute Gasteiger partial charge is 0.316 e. The van der Waals surface area contributed by atoms with Crippen LogP contribution in [0.5, 0.6) is 6.01 Å². The van der Waals surface area contributed by atoms with Crippen molar-refractivity contribution in [1.82, 2.24) is 29.7 Å². The zero-order chi connectivity index (χ0) is 24.7. The Bertz CT molecular complexity index is 1240. The minimum absolute atomic E-state index is 0.309. The maximum atomic E-state index is 6.47. The van der Waals surface area contributed by atoms with E-state index in [2.05, 4.69) is 54.0 Å². The third kappa shape index (κ3) is 6.21. The van der Waals surface area contributed by atoms with Crippen LogP contribution < -0.4 is 10.5 Å². The summed E-state index contributed by atoms with van der Waals surface area (Å²) in [6.45, 7) is 7.41. The Labute approximate surface area is 214 Å². The van der Waals surface area contributed by atoms with Gasteiger partial charge in [0.05, 0.1) is 28.7 Å². The number of rotatable bonds is 10. The van der Waals surface area contributed by atoms with Crippen molar-refractivity contribution in [2.24, 2.45) is 5.73 Å². The van der Waals surface area contributed by atoms with Gasteiger partial charge in [-0.2, -0.15) is 4.98 Å². The Morgan fingerprint density at radius 1 is 1.03 bits per heavy atom. The molecule has 1 aliphatic heterocycles. The second-order valence-electron chi connectivity index (χ2n) is 8.86. The summed E-state index contributed by atoms with van der Waals surface area (Å²) in [7, 11) is 1.76. The van der Waals surface area contributed by atoms with Gasteiger partial charge < -0.3 is 15.2 Å². The van der Waals surface area contributed by atoms with Crippen LogP contribution in [0.1, 0.15) is 27.9 Å². The summed E-state index contributed by atoms with van der Waals surface area (Å²) in [4.78, 5) is 22.5. The van der Waals surface area contributed by atoms with E-state index in [1.54, 1.807) is 43.1 Å². The number of piperazine rings is 1. The van der Waals surface area contributed by atoms with Crippen molar-refractivity contribution in [3.05, 3.63) is 76.8 Å². The van der Waals surface area contributed by atoms with E-state index in [0.29, 0.717) is 18.3 Å². The molecule has 0 saturated carbocycles. The average molecular weight is 506 g/mol. The van der Waals surface area contributed by atoms with Gasteiger partial charge in [-0.15, -0.1) is 11.3 Å². The molecule has 4 heterocycles. The van der Waals surface area contributed by atoms with Gasteiger partial charge in [-0.05, 0) is 23.3 Å². The number of nitrogens with zero attached hydrogens (tertiary/aromatic N) is 6. The first-order valence-electron chi connectivity index (χ1n) is 12.1. The first kappa shape index (κ1) is 24.7. The summed E-state index contributed by atoms with van der Waals surface area (Å²) in [6.07, 6.45) is 5.18. The standard InChI is InChI=1S/C26H31N7O2S/c1-34-14-13-32-9-11-33(12-10-32)17-19-3-2-4-20(15-19)18-35-26-29-8-5-21(31-26)24(27)25-30-22-16-28-7-6-23(22)36-25/h2-8,15-16,24H,9-14,17-18,27H2,1H3. The molecule has 1 unspecified atom stereocenters. The average Bonchev–Trinajstić information content (AvgIpc) is 3.36. The van der Waals surface area contributed by atoms with E-state index in [9.17, 15) is 0 Å². The molecule has 10 heteroatoms. The Balaban J connectivity index is 1.17. The molecule has 0 radical (unpaired) electrons. The van der Waals surface area contributed by atoms with Crippen molar-refractivity contribution in [3.63, 3.8) is 0 Å². The van der Waals surface area contributed by atoms with E-state index in [-0.39, 0.29) is 0 Å². The molecule has 36 heavy (non-hydrogen) atoms. The monoisotopic (exact) mass is 505 g/mol. The number of nitrogens with two attached hydrogens (primary N) is 1. The van der Waals surface area contributed by atoms with Crippen LogP contribution in [-0.4, -0.2) is 76.2 Å². The predicted octanol–water partition coefficient (Wildman–Crippen LogP) is 2.87. The molecule has 0 aliphatic carbocycles. The molecule has 2 N–H and O–H groups in total. The first-order valence-corrected chi connectivity index (χ1v) is 12.9. The van der Waals surface area contributed by atoms with Gasteiger partial charge in [0.2, 0.25) is 0 Å². The number of ether oxygens (including phenoxy) is 2. The predicted molar refractivity (Wildman–Crippen MR) is 140 cm³/mol. The maximum absolute atomic E-state index is 6.47. The highest BCUT2D eigenvalue weighted by Gasteiger charge is 2.18. The van der Waals surface area contributed by atoms with Crippen molar-refractivity contribution in [2.75, 3.05) is 46.4 Å². The molecular weight excluding hydrogens is 474 g/mol. The third-order valence-electron chi connectivity index (χ3n) is 6.29. The molecule has 1 fully saturated rings. The molecule has 1 aromatic carbocycles. The van der Waals surface area contributed by atoms with Crippen molar-refractivity contribution >= 4 is 21.6 Å². The van der Waals surface area contributed by atoms with Gasteiger partial charge in [0.1, 0.15) is 17.7 Å². The highest BCUT2D eigenvalue weighted by molar-refractivity contribution is 7.18. The van der Waals surface area contributed by atoms with Crippen LogP contribution >= 0.6 is 11.3 Å². The van der Waals surface area contributed by atoms with E-state index in [4.69, 9.17) is 15.2 Å². The molecule has 1 atom stereocenters. The molecule has 0 bridgehead atoms. The normalized spacial score (nSPS) is 15.8. The van der Waals surface area contributed by atoms with Crippen molar-refractivity contribution in [3.8, 4) is 6.01 Å². The number of aromatic nitrogens is 4. The minimum Gasteiger partial charge on any atom is -0.459 e. The molecule has 188 valence electrons. The van der Waals surface area contributed by atoms with Crippen LogP contribution in [-0.2, 0) is 17.9 Å². The van der Waals surface area contributed by atoms with Crippen LogP contribution in [0.4, 0.5) is 0 Å². The maximum Gasteiger partial charge on any atom is 0.316 e. The van der Waals surface area contributed by atoms with E-state index < -0.39 is 6.04 Å². The van der Waals surface area contributed by atoms with Gasteiger partial charge in [0.25, 0.3) is 0 Å². The van der Waals surface area contributed by atoms with Crippen LogP contribution in [0.2, 0.25) is 0 Å². The number of hydrogen-bond acceptors (Lipinski definition) is 10. The zero-order valence-corrected chi connectivity index (χ0v) is 21.2. The zero-order valence-electron chi connectivity index (χ0n) is 20.4. The molecule has 1 saturated heterocycles. The number of pyridine rings is 1. The molecule has 0 spiro atoms. The second-order valence-corrected chi connectivity index (χ2v) is 9.92. The lowest BCUT2D eigenvalue weighted by Crippen LogP contribution is -2.46. The SMILES string of the molecule is COCCN1CCN(Cc2cccc(COc3nccc(C(N)c4nc5cnccc5s4)n3)c2)CC1.